The van der Waals surface area contributed by atoms with Crippen molar-refractivity contribution in [1.29, 1.82) is 5.26 Å². The second-order valence-corrected chi connectivity index (χ2v) is 4.24. The van der Waals surface area contributed by atoms with Gasteiger partial charge in [-0.1, -0.05) is 15.9 Å². The molecule has 3 nitrogen and oxygen atoms in total. The number of halogens is 2. The molecule has 5 heteroatoms. The van der Waals surface area contributed by atoms with Crippen molar-refractivity contribution >= 4 is 44.3 Å². The number of hydrogen-bond acceptors (Lipinski definition) is 3. The number of benzene rings is 1. The maximum atomic E-state index is 11.4. The fourth-order valence-corrected chi connectivity index (χ4v) is 2.03. The first kappa shape index (κ1) is 11.5. The molecule has 0 amide bonds. The summed E-state index contributed by atoms with van der Waals surface area (Å²) in [4.78, 5) is 11.4. The highest BCUT2D eigenvalue weighted by molar-refractivity contribution is 14.1. The number of phenolic OH excluding ortho intramolecular Hbond substituents is 1. The van der Waals surface area contributed by atoms with Crippen molar-refractivity contribution in [3.63, 3.8) is 0 Å². The SMILES string of the molecule is N#Cc1c(I)cc(O)cc1C(=O)CBr. The maximum Gasteiger partial charge on any atom is 0.174 e. The van der Waals surface area contributed by atoms with Crippen molar-refractivity contribution in [3.05, 3.63) is 26.8 Å². The molecular weight excluding hydrogens is 361 g/mol. The fraction of sp³-hybridized carbons (Fsp3) is 0.111. The molecule has 0 spiro atoms. The Balaban J connectivity index is 3.41. The fourth-order valence-electron chi connectivity index (χ4n) is 0.998. The number of nitriles is 1. The third-order valence-corrected chi connectivity index (χ3v) is 2.97. The number of rotatable bonds is 2. The highest BCUT2D eigenvalue weighted by Gasteiger charge is 2.14. The number of hydrogen-bond donors (Lipinski definition) is 1. The monoisotopic (exact) mass is 365 g/mol. The summed E-state index contributed by atoms with van der Waals surface area (Å²) in [7, 11) is 0. The van der Waals surface area contributed by atoms with Crippen LogP contribution in [0.15, 0.2) is 12.1 Å². The van der Waals surface area contributed by atoms with E-state index in [-0.39, 0.29) is 22.4 Å². The van der Waals surface area contributed by atoms with Gasteiger partial charge in [-0.3, -0.25) is 4.79 Å². The van der Waals surface area contributed by atoms with E-state index < -0.39 is 0 Å². The van der Waals surface area contributed by atoms with Gasteiger partial charge in [-0.25, -0.2) is 0 Å². The van der Waals surface area contributed by atoms with Gasteiger partial charge < -0.3 is 5.11 Å². The summed E-state index contributed by atoms with van der Waals surface area (Å²) >= 11 is 4.93. The van der Waals surface area contributed by atoms with Crippen molar-refractivity contribution in [1.82, 2.24) is 0 Å². The Labute approximate surface area is 103 Å². The van der Waals surface area contributed by atoms with E-state index in [9.17, 15) is 9.90 Å². The molecule has 0 saturated heterocycles. The van der Waals surface area contributed by atoms with Gasteiger partial charge in [0.1, 0.15) is 11.8 Å². The van der Waals surface area contributed by atoms with Crippen LogP contribution in [-0.2, 0) is 0 Å². The lowest BCUT2D eigenvalue weighted by atomic mass is 10.1. The van der Waals surface area contributed by atoms with Crippen LogP contribution in [0.25, 0.3) is 0 Å². The minimum absolute atomic E-state index is 0.00213. The highest BCUT2D eigenvalue weighted by atomic mass is 127. The molecule has 1 aromatic carbocycles. The van der Waals surface area contributed by atoms with Crippen LogP contribution in [0.1, 0.15) is 15.9 Å². The van der Waals surface area contributed by atoms with Crippen molar-refractivity contribution in [2.45, 2.75) is 0 Å². The third kappa shape index (κ3) is 2.25. The number of carbonyl (C=O) groups excluding carboxylic acids is 1. The number of alkyl halides is 1. The van der Waals surface area contributed by atoms with Gasteiger partial charge in [0.05, 0.1) is 10.9 Å². The molecule has 1 aromatic rings. The number of nitrogens with zero attached hydrogens (tertiary/aromatic N) is 1. The van der Waals surface area contributed by atoms with E-state index in [1.165, 1.54) is 12.1 Å². The molecule has 0 fully saturated rings. The first-order chi connectivity index (χ1) is 6.60. The van der Waals surface area contributed by atoms with E-state index in [1.807, 2.05) is 28.7 Å². The normalized spacial score (nSPS) is 9.50. The van der Waals surface area contributed by atoms with Crippen molar-refractivity contribution in [2.75, 3.05) is 5.33 Å². The Hall–Kier alpha value is -0.610. The topological polar surface area (TPSA) is 61.1 Å². The van der Waals surface area contributed by atoms with Crippen molar-refractivity contribution in [2.24, 2.45) is 0 Å². The predicted molar refractivity (Wildman–Crippen MR) is 63.7 cm³/mol. The van der Waals surface area contributed by atoms with Gasteiger partial charge in [0.2, 0.25) is 0 Å². The maximum absolute atomic E-state index is 11.4. The van der Waals surface area contributed by atoms with Crippen LogP contribution in [0.2, 0.25) is 0 Å². The van der Waals surface area contributed by atoms with Gasteiger partial charge in [0.15, 0.2) is 5.78 Å². The van der Waals surface area contributed by atoms with Crippen LogP contribution in [0.5, 0.6) is 5.75 Å². The average Bonchev–Trinajstić information content (AvgIpc) is 2.15. The minimum Gasteiger partial charge on any atom is -0.508 e. The molecular formula is C9H5BrINO2. The zero-order valence-corrected chi connectivity index (χ0v) is 10.7. The number of phenols is 1. The van der Waals surface area contributed by atoms with Gasteiger partial charge in [0, 0.05) is 9.13 Å². The second kappa shape index (κ2) is 4.75. The summed E-state index contributed by atoms with van der Waals surface area (Å²) in [5, 5.41) is 18.2. The Morgan fingerprint density at radius 2 is 2.29 bits per heavy atom. The molecule has 0 bridgehead atoms. The third-order valence-electron chi connectivity index (χ3n) is 1.61. The predicted octanol–water partition coefficient (Wildman–Crippen LogP) is 2.45. The molecule has 14 heavy (non-hydrogen) atoms. The second-order valence-electron chi connectivity index (χ2n) is 2.52. The van der Waals surface area contributed by atoms with Crippen LogP contribution in [0.4, 0.5) is 0 Å². The first-order valence-corrected chi connectivity index (χ1v) is 5.82. The lowest BCUT2D eigenvalue weighted by Gasteiger charge is -2.03. The number of ketones is 1. The molecule has 0 heterocycles. The molecule has 0 unspecified atom stereocenters. The summed E-state index contributed by atoms with van der Waals surface area (Å²) in [5.74, 6) is -0.215. The molecule has 0 saturated carbocycles. The average molecular weight is 366 g/mol. The molecule has 0 radical (unpaired) electrons. The molecule has 0 aliphatic heterocycles. The number of Topliss-reactive ketones (excluding diaryl/α,β-unsaturated/α-hetero) is 1. The molecule has 72 valence electrons. The van der Waals surface area contributed by atoms with Crippen molar-refractivity contribution < 1.29 is 9.90 Å². The molecule has 1 N–H and O–H groups in total. The zero-order chi connectivity index (χ0) is 10.7. The van der Waals surface area contributed by atoms with Crippen LogP contribution < -0.4 is 0 Å². The van der Waals surface area contributed by atoms with Gasteiger partial charge in [-0.05, 0) is 34.7 Å². The molecule has 0 aromatic heterocycles. The Kier molecular flexibility index (Phi) is 3.89. The quantitative estimate of drug-likeness (QED) is 0.497. The molecule has 0 aliphatic carbocycles. The van der Waals surface area contributed by atoms with Crippen LogP contribution in [0.3, 0.4) is 0 Å². The number of aromatic hydroxyl groups is 1. The van der Waals surface area contributed by atoms with E-state index in [4.69, 9.17) is 5.26 Å². The minimum atomic E-state index is -0.213. The Morgan fingerprint density at radius 3 is 2.79 bits per heavy atom. The summed E-state index contributed by atoms with van der Waals surface area (Å²) in [6.45, 7) is 0. The Morgan fingerprint density at radius 1 is 1.64 bits per heavy atom. The smallest absolute Gasteiger partial charge is 0.174 e. The van der Waals surface area contributed by atoms with Gasteiger partial charge in [-0.2, -0.15) is 5.26 Å². The van der Waals surface area contributed by atoms with E-state index in [0.29, 0.717) is 9.13 Å². The first-order valence-electron chi connectivity index (χ1n) is 3.62. The van der Waals surface area contributed by atoms with Crippen LogP contribution >= 0.6 is 38.5 Å². The molecule has 0 aliphatic rings. The van der Waals surface area contributed by atoms with Gasteiger partial charge in [0.25, 0.3) is 0 Å². The zero-order valence-electron chi connectivity index (χ0n) is 6.92. The highest BCUT2D eigenvalue weighted by Crippen LogP contribution is 2.23. The van der Waals surface area contributed by atoms with E-state index in [1.54, 1.807) is 0 Å². The van der Waals surface area contributed by atoms with Crippen molar-refractivity contribution in [3.8, 4) is 11.8 Å². The van der Waals surface area contributed by atoms with Gasteiger partial charge in [-0.15, -0.1) is 0 Å². The summed E-state index contributed by atoms with van der Waals surface area (Å²) in [6.07, 6.45) is 0. The molecule has 1 rings (SSSR count). The Bertz CT molecular complexity index is 426. The standard InChI is InChI=1S/C9H5BrINO2/c10-3-9(14)6-1-5(13)2-8(11)7(6)4-12/h1-2,13H,3H2. The number of carbonyl (C=O) groups is 1. The largest absolute Gasteiger partial charge is 0.508 e. The summed E-state index contributed by atoms with van der Waals surface area (Å²) < 4.78 is 0.578. The van der Waals surface area contributed by atoms with E-state index in [2.05, 4.69) is 15.9 Å². The van der Waals surface area contributed by atoms with Crippen LogP contribution in [0, 0.1) is 14.9 Å². The van der Waals surface area contributed by atoms with E-state index in [0.717, 1.165) is 0 Å². The summed E-state index contributed by atoms with van der Waals surface area (Å²) in [6, 6.07) is 4.70. The lowest BCUT2D eigenvalue weighted by Crippen LogP contribution is -2.04. The molecule has 0 atom stereocenters. The lowest BCUT2D eigenvalue weighted by molar-refractivity contribution is 0.102. The van der Waals surface area contributed by atoms with E-state index >= 15 is 0 Å². The van der Waals surface area contributed by atoms with Gasteiger partial charge >= 0.3 is 0 Å². The summed E-state index contributed by atoms with van der Waals surface area (Å²) in [5.41, 5.74) is 0.571. The van der Waals surface area contributed by atoms with Crippen LogP contribution in [-0.4, -0.2) is 16.2 Å².